The Bertz CT molecular complexity index is 626. The first-order valence-electron chi connectivity index (χ1n) is 6.27. The lowest BCUT2D eigenvalue weighted by atomic mass is 9.99. The molecule has 0 bridgehead atoms. The lowest BCUT2D eigenvalue weighted by molar-refractivity contribution is 0.0497. The molecule has 5 heteroatoms. The van der Waals surface area contributed by atoms with Crippen molar-refractivity contribution in [3.05, 3.63) is 52.5 Å². The summed E-state index contributed by atoms with van der Waals surface area (Å²) in [7, 11) is 2.89. The van der Waals surface area contributed by atoms with Gasteiger partial charge in [-0.15, -0.1) is 0 Å². The van der Waals surface area contributed by atoms with Gasteiger partial charge in [-0.05, 0) is 39.2 Å². The Labute approximate surface area is 131 Å². The third kappa shape index (κ3) is 3.43. The SMILES string of the molecule is COCOc1ccc(-c2ccccc2)c(C(=O)OC)c1Br. The van der Waals surface area contributed by atoms with Crippen molar-refractivity contribution in [3.8, 4) is 16.9 Å². The summed E-state index contributed by atoms with van der Waals surface area (Å²) >= 11 is 3.42. The Balaban J connectivity index is 2.55. The molecule has 0 aliphatic heterocycles. The molecule has 0 aliphatic carbocycles. The van der Waals surface area contributed by atoms with Gasteiger partial charge in [0.05, 0.1) is 17.1 Å². The Morgan fingerprint density at radius 1 is 1.10 bits per heavy atom. The number of hydrogen-bond acceptors (Lipinski definition) is 4. The second-order valence-corrected chi connectivity index (χ2v) is 5.00. The van der Waals surface area contributed by atoms with Gasteiger partial charge in [-0.1, -0.05) is 30.3 Å². The van der Waals surface area contributed by atoms with E-state index in [1.54, 1.807) is 6.07 Å². The van der Waals surface area contributed by atoms with Gasteiger partial charge in [0.2, 0.25) is 0 Å². The van der Waals surface area contributed by atoms with Gasteiger partial charge in [0, 0.05) is 7.11 Å². The highest BCUT2D eigenvalue weighted by atomic mass is 79.9. The van der Waals surface area contributed by atoms with Gasteiger partial charge < -0.3 is 14.2 Å². The maximum Gasteiger partial charge on any atom is 0.339 e. The second-order valence-electron chi connectivity index (χ2n) is 4.21. The molecular weight excluding hydrogens is 336 g/mol. The predicted octanol–water partition coefficient (Wildman–Crippen LogP) is 3.89. The summed E-state index contributed by atoms with van der Waals surface area (Å²) in [5.41, 5.74) is 2.13. The normalized spacial score (nSPS) is 10.2. The quantitative estimate of drug-likeness (QED) is 0.606. The number of halogens is 1. The molecule has 21 heavy (non-hydrogen) atoms. The van der Waals surface area contributed by atoms with E-state index in [2.05, 4.69) is 15.9 Å². The Hall–Kier alpha value is -1.85. The van der Waals surface area contributed by atoms with Crippen LogP contribution in [-0.4, -0.2) is 27.0 Å². The second kappa shape index (κ2) is 7.24. The van der Waals surface area contributed by atoms with Crippen LogP contribution in [-0.2, 0) is 9.47 Å². The number of carbonyl (C=O) groups is 1. The van der Waals surface area contributed by atoms with Gasteiger partial charge in [-0.25, -0.2) is 4.79 Å². The molecule has 0 spiro atoms. The Morgan fingerprint density at radius 3 is 2.43 bits per heavy atom. The van der Waals surface area contributed by atoms with E-state index in [1.807, 2.05) is 36.4 Å². The van der Waals surface area contributed by atoms with Crippen molar-refractivity contribution in [1.29, 1.82) is 0 Å². The fourth-order valence-electron chi connectivity index (χ4n) is 1.95. The zero-order chi connectivity index (χ0) is 15.2. The van der Waals surface area contributed by atoms with Gasteiger partial charge in [-0.2, -0.15) is 0 Å². The maximum atomic E-state index is 12.1. The van der Waals surface area contributed by atoms with Crippen molar-refractivity contribution in [3.63, 3.8) is 0 Å². The third-order valence-corrected chi connectivity index (χ3v) is 3.70. The van der Waals surface area contributed by atoms with E-state index in [-0.39, 0.29) is 6.79 Å². The number of benzene rings is 2. The van der Waals surface area contributed by atoms with Crippen LogP contribution < -0.4 is 4.74 Å². The van der Waals surface area contributed by atoms with Crippen LogP contribution in [0.15, 0.2) is 46.9 Å². The lowest BCUT2D eigenvalue weighted by Gasteiger charge is -2.14. The Morgan fingerprint density at radius 2 is 1.81 bits per heavy atom. The molecule has 0 aromatic heterocycles. The fourth-order valence-corrected chi connectivity index (χ4v) is 2.57. The molecule has 0 heterocycles. The monoisotopic (exact) mass is 350 g/mol. The number of methoxy groups -OCH3 is 2. The molecule has 0 atom stereocenters. The van der Waals surface area contributed by atoms with Crippen LogP contribution in [0.1, 0.15) is 10.4 Å². The Kier molecular flexibility index (Phi) is 5.36. The first kappa shape index (κ1) is 15.5. The van der Waals surface area contributed by atoms with Gasteiger partial charge in [0.1, 0.15) is 5.75 Å². The van der Waals surface area contributed by atoms with E-state index in [1.165, 1.54) is 14.2 Å². The molecular formula is C16H15BrO4. The van der Waals surface area contributed by atoms with Crippen molar-refractivity contribution < 1.29 is 19.0 Å². The molecule has 0 aliphatic rings. The highest BCUT2D eigenvalue weighted by Crippen LogP contribution is 2.36. The predicted molar refractivity (Wildman–Crippen MR) is 83.4 cm³/mol. The fraction of sp³-hybridized carbons (Fsp3) is 0.188. The molecule has 4 nitrogen and oxygen atoms in total. The van der Waals surface area contributed by atoms with Crippen molar-refractivity contribution in [2.45, 2.75) is 0 Å². The maximum absolute atomic E-state index is 12.1. The minimum Gasteiger partial charge on any atom is -0.466 e. The van der Waals surface area contributed by atoms with E-state index in [0.717, 1.165) is 11.1 Å². The molecule has 0 saturated carbocycles. The first-order valence-corrected chi connectivity index (χ1v) is 7.06. The molecule has 110 valence electrons. The minimum atomic E-state index is -0.427. The average Bonchev–Trinajstić information content (AvgIpc) is 2.53. The standard InChI is InChI=1S/C16H15BrO4/c1-19-10-21-13-9-8-12(11-6-4-3-5-7-11)14(15(13)17)16(18)20-2/h3-9H,10H2,1-2H3. The van der Waals surface area contributed by atoms with Gasteiger partial charge in [0.25, 0.3) is 0 Å². The van der Waals surface area contributed by atoms with Crippen molar-refractivity contribution >= 4 is 21.9 Å². The van der Waals surface area contributed by atoms with Crippen LogP contribution in [0.25, 0.3) is 11.1 Å². The summed E-state index contributed by atoms with van der Waals surface area (Å²) in [5, 5.41) is 0. The highest BCUT2D eigenvalue weighted by molar-refractivity contribution is 9.10. The summed E-state index contributed by atoms with van der Waals surface area (Å²) in [5.74, 6) is 0.0977. The molecule has 0 N–H and O–H groups in total. The third-order valence-electron chi connectivity index (χ3n) is 2.91. The number of hydrogen-bond donors (Lipinski definition) is 0. The molecule has 2 aromatic carbocycles. The van der Waals surface area contributed by atoms with Gasteiger partial charge in [0.15, 0.2) is 6.79 Å². The largest absolute Gasteiger partial charge is 0.466 e. The summed E-state index contributed by atoms with van der Waals surface area (Å²) < 4.78 is 15.8. The van der Waals surface area contributed by atoms with Crippen LogP contribution in [0.3, 0.4) is 0 Å². The van der Waals surface area contributed by atoms with E-state index >= 15 is 0 Å². The van der Waals surface area contributed by atoms with Gasteiger partial charge in [-0.3, -0.25) is 0 Å². The number of carbonyl (C=O) groups excluding carboxylic acids is 1. The number of esters is 1. The van der Waals surface area contributed by atoms with Crippen LogP contribution in [0.2, 0.25) is 0 Å². The highest BCUT2D eigenvalue weighted by Gasteiger charge is 2.20. The molecule has 2 aromatic rings. The van der Waals surface area contributed by atoms with E-state index in [4.69, 9.17) is 14.2 Å². The molecule has 0 amide bonds. The topological polar surface area (TPSA) is 44.8 Å². The summed E-state index contributed by atoms with van der Waals surface area (Å²) in [4.78, 5) is 12.1. The van der Waals surface area contributed by atoms with E-state index in [0.29, 0.717) is 15.8 Å². The summed E-state index contributed by atoms with van der Waals surface area (Å²) in [6.45, 7) is 0.101. The molecule has 0 radical (unpaired) electrons. The molecule has 0 unspecified atom stereocenters. The van der Waals surface area contributed by atoms with Crippen LogP contribution >= 0.6 is 15.9 Å². The van der Waals surface area contributed by atoms with Crippen molar-refractivity contribution in [2.75, 3.05) is 21.0 Å². The summed E-state index contributed by atoms with van der Waals surface area (Å²) in [6.07, 6.45) is 0. The molecule has 0 saturated heterocycles. The minimum absolute atomic E-state index is 0.101. The average molecular weight is 351 g/mol. The summed E-state index contributed by atoms with van der Waals surface area (Å²) in [6, 6.07) is 13.2. The number of rotatable bonds is 5. The van der Waals surface area contributed by atoms with E-state index in [9.17, 15) is 4.79 Å². The first-order chi connectivity index (χ1) is 10.2. The van der Waals surface area contributed by atoms with E-state index < -0.39 is 5.97 Å². The van der Waals surface area contributed by atoms with Crippen LogP contribution in [0.4, 0.5) is 0 Å². The zero-order valence-corrected chi connectivity index (χ0v) is 13.3. The van der Waals surface area contributed by atoms with Crippen LogP contribution in [0.5, 0.6) is 5.75 Å². The van der Waals surface area contributed by atoms with Gasteiger partial charge >= 0.3 is 5.97 Å². The van der Waals surface area contributed by atoms with Crippen molar-refractivity contribution in [1.82, 2.24) is 0 Å². The smallest absolute Gasteiger partial charge is 0.339 e. The number of ether oxygens (including phenoxy) is 3. The zero-order valence-electron chi connectivity index (χ0n) is 11.8. The van der Waals surface area contributed by atoms with Crippen molar-refractivity contribution in [2.24, 2.45) is 0 Å². The molecule has 2 rings (SSSR count). The lowest BCUT2D eigenvalue weighted by Crippen LogP contribution is -2.07. The van der Waals surface area contributed by atoms with Crippen LogP contribution in [0, 0.1) is 0 Å². The molecule has 0 fully saturated rings.